The molecule has 0 bridgehead atoms. The van der Waals surface area contributed by atoms with Gasteiger partial charge in [-0.25, -0.2) is 10.2 Å². The van der Waals surface area contributed by atoms with Crippen LogP contribution >= 0.6 is 11.6 Å². The minimum atomic E-state index is -5.05. The quantitative estimate of drug-likeness (QED) is 0.637. The molecule has 0 aliphatic carbocycles. The van der Waals surface area contributed by atoms with Gasteiger partial charge in [0.15, 0.2) is 0 Å². The third-order valence-electron chi connectivity index (χ3n) is 3.01. The van der Waals surface area contributed by atoms with Crippen LogP contribution in [0.25, 0.3) is 0 Å². The number of carbonyl (C=O) groups is 1. The first-order valence-electron chi connectivity index (χ1n) is 6.35. The number of nitrogens with one attached hydrogen (secondary N) is 1. The highest BCUT2D eigenvalue weighted by molar-refractivity contribution is 6.30. The molecule has 0 aromatic heterocycles. The molecule has 1 aliphatic heterocycles. The maximum absolute atomic E-state index is 13.0. The van der Waals surface area contributed by atoms with Crippen molar-refractivity contribution in [3.8, 4) is 0 Å². The van der Waals surface area contributed by atoms with E-state index in [-0.39, 0.29) is 10.7 Å². The topological polar surface area (TPSA) is 77.3 Å². The molecule has 2 N–H and O–H groups in total. The number of hydrogen-bond donors (Lipinski definition) is 2. The van der Waals surface area contributed by atoms with Crippen LogP contribution in [-0.2, 0) is 0 Å². The SMILES string of the molecule is CC1=NN(C(=O)N/N=C/c2ccc(Cl)cc2)C(O)(C(F)(F)F)C1. The van der Waals surface area contributed by atoms with Crippen LogP contribution in [0.1, 0.15) is 18.9 Å². The molecule has 1 heterocycles. The van der Waals surface area contributed by atoms with E-state index < -0.39 is 24.4 Å². The van der Waals surface area contributed by atoms with Gasteiger partial charge in [-0.2, -0.15) is 28.4 Å². The van der Waals surface area contributed by atoms with Crippen LogP contribution in [0.5, 0.6) is 0 Å². The third kappa shape index (κ3) is 3.62. The van der Waals surface area contributed by atoms with E-state index in [1.165, 1.54) is 13.1 Å². The number of urea groups is 1. The van der Waals surface area contributed by atoms with Gasteiger partial charge in [0.25, 0.3) is 5.72 Å². The van der Waals surface area contributed by atoms with Gasteiger partial charge in [0.05, 0.1) is 6.21 Å². The zero-order chi connectivity index (χ0) is 17.3. The van der Waals surface area contributed by atoms with Crippen molar-refractivity contribution in [1.29, 1.82) is 0 Å². The van der Waals surface area contributed by atoms with E-state index in [2.05, 4.69) is 10.2 Å². The van der Waals surface area contributed by atoms with Crippen molar-refractivity contribution < 1.29 is 23.1 Å². The van der Waals surface area contributed by atoms with Crippen molar-refractivity contribution in [1.82, 2.24) is 10.4 Å². The van der Waals surface area contributed by atoms with Crippen LogP contribution in [-0.4, -0.2) is 40.0 Å². The molecule has 0 saturated heterocycles. The van der Waals surface area contributed by atoms with Crippen molar-refractivity contribution in [3.05, 3.63) is 34.9 Å². The molecule has 6 nitrogen and oxygen atoms in total. The molecular weight excluding hydrogens is 337 g/mol. The maximum atomic E-state index is 13.0. The second-order valence-electron chi connectivity index (χ2n) is 4.86. The number of benzene rings is 1. The van der Waals surface area contributed by atoms with Crippen LogP contribution in [0.3, 0.4) is 0 Å². The Hall–Kier alpha value is -2.13. The number of aliphatic hydroxyl groups is 1. The smallest absolute Gasteiger partial charge is 0.362 e. The van der Waals surface area contributed by atoms with E-state index in [0.29, 0.717) is 10.6 Å². The van der Waals surface area contributed by atoms with Crippen molar-refractivity contribution >= 4 is 29.6 Å². The second kappa shape index (κ2) is 6.17. The second-order valence-corrected chi connectivity index (χ2v) is 5.30. The van der Waals surface area contributed by atoms with Crippen LogP contribution in [0.15, 0.2) is 34.5 Å². The van der Waals surface area contributed by atoms with Gasteiger partial charge >= 0.3 is 12.2 Å². The summed E-state index contributed by atoms with van der Waals surface area (Å²) < 4.78 is 38.9. The predicted molar refractivity (Wildman–Crippen MR) is 78.1 cm³/mol. The van der Waals surface area contributed by atoms with Gasteiger partial charge in [-0.3, -0.25) is 0 Å². The summed E-state index contributed by atoms with van der Waals surface area (Å²) in [6.07, 6.45) is -4.65. The van der Waals surface area contributed by atoms with Crippen LogP contribution in [0.4, 0.5) is 18.0 Å². The summed E-state index contributed by atoms with van der Waals surface area (Å²) in [4.78, 5) is 11.8. The molecular formula is C13H12ClF3N4O2. The van der Waals surface area contributed by atoms with Gasteiger partial charge in [0, 0.05) is 17.2 Å². The lowest BCUT2D eigenvalue weighted by molar-refractivity contribution is -0.297. The van der Waals surface area contributed by atoms with Crippen LogP contribution < -0.4 is 5.43 Å². The summed E-state index contributed by atoms with van der Waals surface area (Å²) >= 11 is 5.70. The summed E-state index contributed by atoms with van der Waals surface area (Å²) in [5.74, 6) is 0. The third-order valence-corrected chi connectivity index (χ3v) is 3.27. The largest absolute Gasteiger partial charge is 0.438 e. The Morgan fingerprint density at radius 1 is 1.48 bits per heavy atom. The summed E-state index contributed by atoms with van der Waals surface area (Å²) in [6, 6.07) is 5.07. The highest BCUT2D eigenvalue weighted by atomic mass is 35.5. The lowest BCUT2D eigenvalue weighted by Crippen LogP contribution is -2.58. The summed E-state index contributed by atoms with van der Waals surface area (Å²) in [7, 11) is 0. The zero-order valence-electron chi connectivity index (χ0n) is 11.8. The number of hydrazone groups is 2. The average Bonchev–Trinajstić information content (AvgIpc) is 2.77. The Morgan fingerprint density at radius 2 is 2.09 bits per heavy atom. The molecule has 1 aliphatic rings. The highest BCUT2D eigenvalue weighted by Crippen LogP contribution is 2.40. The molecule has 10 heteroatoms. The summed E-state index contributed by atoms with van der Waals surface area (Å²) in [6.45, 7) is 1.28. The minimum Gasteiger partial charge on any atom is -0.362 e. The van der Waals surface area contributed by atoms with Crippen molar-refractivity contribution in [2.45, 2.75) is 25.2 Å². The van der Waals surface area contributed by atoms with Crippen LogP contribution in [0.2, 0.25) is 5.02 Å². The number of alkyl halides is 3. The fourth-order valence-corrected chi connectivity index (χ4v) is 2.04. The zero-order valence-corrected chi connectivity index (χ0v) is 12.6. The standard InChI is InChI=1S/C13H12ClF3N4O2/c1-8-6-12(23,13(15,16)17)21(20-8)11(22)19-18-7-9-2-4-10(14)5-3-9/h2-5,7,23H,6H2,1H3,(H,19,22)/b18-7+. The normalized spacial score (nSPS) is 21.7. The molecule has 0 saturated carbocycles. The molecule has 2 rings (SSSR count). The lowest BCUT2D eigenvalue weighted by Gasteiger charge is -2.31. The van der Waals surface area contributed by atoms with E-state index in [1.807, 2.05) is 5.43 Å². The van der Waals surface area contributed by atoms with Gasteiger partial charge < -0.3 is 5.11 Å². The number of rotatable bonds is 2. The Balaban J connectivity index is 2.08. The molecule has 1 aromatic carbocycles. The summed E-state index contributed by atoms with van der Waals surface area (Å²) in [5.41, 5.74) is -0.941. The number of carbonyl (C=O) groups excluding carboxylic acids is 1. The number of nitrogens with zero attached hydrogens (tertiary/aromatic N) is 3. The monoisotopic (exact) mass is 348 g/mol. The van der Waals surface area contributed by atoms with Gasteiger partial charge in [0.2, 0.25) is 0 Å². The first kappa shape index (κ1) is 17.2. The van der Waals surface area contributed by atoms with Crippen molar-refractivity contribution in [3.63, 3.8) is 0 Å². The molecule has 0 spiro atoms. The predicted octanol–water partition coefficient (Wildman–Crippen LogP) is 2.72. The van der Waals surface area contributed by atoms with E-state index >= 15 is 0 Å². The average molecular weight is 349 g/mol. The Morgan fingerprint density at radius 3 is 2.65 bits per heavy atom. The lowest BCUT2D eigenvalue weighted by atomic mass is 10.1. The number of amides is 2. The van der Waals surface area contributed by atoms with Crippen molar-refractivity contribution in [2.75, 3.05) is 0 Å². The van der Waals surface area contributed by atoms with E-state index in [1.54, 1.807) is 24.3 Å². The first-order chi connectivity index (χ1) is 10.6. The Labute approximate surface area is 134 Å². The van der Waals surface area contributed by atoms with Gasteiger partial charge in [-0.05, 0) is 24.6 Å². The Bertz CT molecular complexity index is 660. The molecule has 0 fully saturated rings. The fraction of sp³-hybridized carbons (Fsp3) is 0.308. The van der Waals surface area contributed by atoms with Crippen molar-refractivity contribution in [2.24, 2.45) is 10.2 Å². The Kier molecular flexibility index (Phi) is 4.62. The van der Waals surface area contributed by atoms with E-state index in [9.17, 15) is 23.1 Å². The van der Waals surface area contributed by atoms with Crippen LogP contribution in [0, 0.1) is 0 Å². The fourth-order valence-electron chi connectivity index (χ4n) is 1.91. The first-order valence-corrected chi connectivity index (χ1v) is 6.73. The van der Waals surface area contributed by atoms with Gasteiger partial charge in [-0.1, -0.05) is 23.7 Å². The number of halogens is 4. The van der Waals surface area contributed by atoms with E-state index in [0.717, 1.165) is 0 Å². The molecule has 0 radical (unpaired) electrons. The molecule has 1 aromatic rings. The summed E-state index contributed by atoms with van der Waals surface area (Å²) in [5, 5.41) is 17.1. The minimum absolute atomic E-state index is 0.0262. The molecule has 23 heavy (non-hydrogen) atoms. The van der Waals surface area contributed by atoms with Gasteiger partial charge in [-0.15, -0.1) is 0 Å². The molecule has 2 amide bonds. The molecule has 124 valence electrons. The van der Waals surface area contributed by atoms with E-state index in [4.69, 9.17) is 11.6 Å². The molecule has 1 atom stereocenters. The van der Waals surface area contributed by atoms with Gasteiger partial charge in [0.1, 0.15) is 0 Å². The maximum Gasteiger partial charge on any atom is 0.438 e. The number of hydrogen-bond acceptors (Lipinski definition) is 4. The molecule has 1 unspecified atom stereocenters. The highest BCUT2D eigenvalue weighted by Gasteiger charge is 2.62.